The van der Waals surface area contributed by atoms with Gasteiger partial charge in [-0.3, -0.25) is 4.99 Å². The van der Waals surface area contributed by atoms with Crippen LogP contribution in [0.3, 0.4) is 0 Å². The summed E-state index contributed by atoms with van der Waals surface area (Å²) in [6.07, 6.45) is -4.73. The molecule has 0 fully saturated rings. The van der Waals surface area contributed by atoms with Gasteiger partial charge in [-0.05, 0) is 24.6 Å². The molecule has 1 aromatic carbocycles. The zero-order chi connectivity index (χ0) is 21.1. The molecule has 1 aliphatic heterocycles. The Bertz CT molecular complexity index is 869. The number of hydrogen-bond acceptors (Lipinski definition) is 4. The third kappa shape index (κ3) is 4.22. The maximum absolute atomic E-state index is 13.6. The van der Waals surface area contributed by atoms with E-state index in [0.29, 0.717) is 6.07 Å². The van der Waals surface area contributed by atoms with Crippen molar-refractivity contribution in [2.75, 3.05) is 20.8 Å². The molecule has 0 saturated heterocycles. The van der Waals surface area contributed by atoms with Crippen LogP contribution in [0.15, 0.2) is 34.5 Å². The molecule has 28 heavy (non-hydrogen) atoms. The number of carbonyl (C=O) groups excluding carboxylic acids is 1. The molecule has 0 aliphatic carbocycles. The Morgan fingerprint density at radius 1 is 1.32 bits per heavy atom. The van der Waals surface area contributed by atoms with Crippen LogP contribution in [-0.4, -0.2) is 38.5 Å². The summed E-state index contributed by atoms with van der Waals surface area (Å²) >= 11 is 0. The number of rotatable bonds is 5. The second-order valence-electron chi connectivity index (χ2n) is 6.13. The van der Waals surface area contributed by atoms with Gasteiger partial charge in [0.15, 0.2) is 0 Å². The van der Waals surface area contributed by atoms with Gasteiger partial charge in [-0.1, -0.05) is 6.07 Å². The number of aliphatic imine (C=N–C) groups is 1. The maximum atomic E-state index is 13.6. The summed E-state index contributed by atoms with van der Waals surface area (Å²) in [4.78, 5) is 20.1. The Morgan fingerprint density at radius 2 is 2.00 bits per heavy atom. The van der Waals surface area contributed by atoms with E-state index in [1.165, 1.54) is 14.0 Å². The Labute approximate surface area is 159 Å². The summed E-state index contributed by atoms with van der Waals surface area (Å²) in [6, 6.07) is 1.03. The van der Waals surface area contributed by atoms with Crippen LogP contribution in [0.2, 0.25) is 0 Å². The quantitative estimate of drug-likeness (QED) is 0.425. The summed E-state index contributed by atoms with van der Waals surface area (Å²) in [5.74, 6) is -3.26. The lowest BCUT2D eigenvalue weighted by Crippen LogP contribution is -2.34. The predicted octanol–water partition coefficient (Wildman–Crippen LogP) is 4.15. The molecule has 0 N–H and O–H groups in total. The highest BCUT2D eigenvalue weighted by Crippen LogP contribution is 2.43. The van der Waals surface area contributed by atoms with E-state index < -0.39 is 35.5 Å². The average molecular weight is 398 g/mol. The van der Waals surface area contributed by atoms with E-state index in [9.17, 15) is 22.4 Å². The zero-order valence-corrected chi connectivity index (χ0v) is 15.4. The number of halogens is 4. The van der Waals surface area contributed by atoms with Gasteiger partial charge < -0.3 is 14.3 Å². The van der Waals surface area contributed by atoms with Crippen LogP contribution in [0.1, 0.15) is 30.4 Å². The van der Waals surface area contributed by atoms with Crippen LogP contribution >= 0.6 is 0 Å². The summed E-state index contributed by atoms with van der Waals surface area (Å²) in [7, 11) is 2.52. The summed E-state index contributed by atoms with van der Waals surface area (Å²) < 4.78 is 64.1. The first-order chi connectivity index (χ1) is 13.1. The third-order valence-electron chi connectivity index (χ3n) is 4.42. The lowest BCUT2D eigenvalue weighted by Gasteiger charge is -2.28. The molecule has 0 saturated carbocycles. The van der Waals surface area contributed by atoms with E-state index in [1.807, 2.05) is 0 Å². The summed E-state index contributed by atoms with van der Waals surface area (Å²) in [6.45, 7) is 9.13. The van der Waals surface area contributed by atoms with Gasteiger partial charge in [0.1, 0.15) is 5.82 Å². The molecule has 2 unspecified atom stereocenters. The first-order valence-corrected chi connectivity index (χ1v) is 8.24. The Balaban J connectivity index is 2.81. The minimum absolute atomic E-state index is 0.141. The molecule has 1 aromatic rings. The predicted molar refractivity (Wildman–Crippen MR) is 93.2 cm³/mol. The van der Waals surface area contributed by atoms with E-state index in [1.54, 1.807) is 0 Å². The van der Waals surface area contributed by atoms with E-state index in [-0.39, 0.29) is 35.6 Å². The van der Waals surface area contributed by atoms with Crippen molar-refractivity contribution in [1.82, 2.24) is 0 Å². The topological polar surface area (TPSA) is 52.2 Å². The molecular weight excluding hydrogens is 380 g/mol. The largest absolute Gasteiger partial charge is 0.466 e. The monoisotopic (exact) mass is 398 g/mol. The standard InChI is InChI=1S/C19H18F4N2O3/c1-10-17(24-2)15(12-6-5-11(20)9-13(12)19(21,22)23)16(18(26)28-4)14(25-10)7-8-27-3/h5-6,9,15,17H,7-8H2,1,3-4H3. The van der Waals surface area contributed by atoms with Crippen molar-refractivity contribution >= 4 is 11.7 Å². The number of alkyl halides is 3. The first kappa shape index (κ1) is 21.6. The molecule has 9 heteroatoms. The highest BCUT2D eigenvalue weighted by Gasteiger charge is 2.46. The van der Waals surface area contributed by atoms with Gasteiger partial charge in [0.05, 0.1) is 42.2 Å². The van der Waals surface area contributed by atoms with Crippen LogP contribution in [0, 0.1) is 12.4 Å². The Hall–Kier alpha value is -2.73. The third-order valence-corrected chi connectivity index (χ3v) is 4.42. The molecule has 1 aliphatic rings. The smallest absolute Gasteiger partial charge is 0.416 e. The number of benzene rings is 1. The molecule has 0 radical (unpaired) electrons. The minimum Gasteiger partial charge on any atom is -0.466 e. The van der Waals surface area contributed by atoms with Crippen LogP contribution in [0.5, 0.6) is 0 Å². The van der Waals surface area contributed by atoms with Crippen molar-refractivity contribution in [2.24, 2.45) is 4.99 Å². The normalized spacial score (nSPS) is 19.9. The summed E-state index contributed by atoms with van der Waals surface area (Å²) in [5, 5.41) is 0. The van der Waals surface area contributed by atoms with E-state index in [0.717, 1.165) is 19.2 Å². The second kappa shape index (κ2) is 8.52. The Morgan fingerprint density at radius 3 is 2.54 bits per heavy atom. The van der Waals surface area contributed by atoms with Crippen LogP contribution < -0.4 is 0 Å². The van der Waals surface area contributed by atoms with Gasteiger partial charge in [-0.2, -0.15) is 13.2 Å². The molecule has 2 rings (SSSR count). The van der Waals surface area contributed by atoms with Crippen molar-refractivity contribution in [3.63, 3.8) is 0 Å². The van der Waals surface area contributed by atoms with Gasteiger partial charge in [0.2, 0.25) is 0 Å². The number of nitrogens with zero attached hydrogens (tertiary/aromatic N) is 2. The molecule has 0 amide bonds. The SMILES string of the molecule is [C-]#[N+]C1C(C)=NC(CCOC)=C(C(=O)OC)C1c1ccc(F)cc1C(F)(F)F. The first-order valence-electron chi connectivity index (χ1n) is 8.24. The summed E-state index contributed by atoms with van der Waals surface area (Å²) in [5.41, 5.74) is -1.32. The van der Waals surface area contributed by atoms with E-state index in [4.69, 9.17) is 16.0 Å². The molecule has 2 atom stereocenters. The number of hydrogen-bond donors (Lipinski definition) is 0. The highest BCUT2D eigenvalue weighted by molar-refractivity contribution is 6.00. The molecule has 0 bridgehead atoms. The van der Waals surface area contributed by atoms with Crippen LogP contribution in [0.4, 0.5) is 17.6 Å². The van der Waals surface area contributed by atoms with Gasteiger partial charge in [-0.15, -0.1) is 0 Å². The van der Waals surface area contributed by atoms with Crippen LogP contribution in [0.25, 0.3) is 4.85 Å². The van der Waals surface area contributed by atoms with Crippen molar-refractivity contribution < 1.29 is 31.8 Å². The van der Waals surface area contributed by atoms with Gasteiger partial charge in [0, 0.05) is 13.5 Å². The van der Waals surface area contributed by atoms with Gasteiger partial charge >= 0.3 is 12.1 Å². The molecule has 0 aromatic heterocycles. The molecule has 0 spiro atoms. The lowest BCUT2D eigenvalue weighted by atomic mass is 9.78. The fourth-order valence-electron chi connectivity index (χ4n) is 3.20. The van der Waals surface area contributed by atoms with Gasteiger partial charge in [0.25, 0.3) is 6.04 Å². The van der Waals surface area contributed by atoms with Crippen molar-refractivity contribution in [3.8, 4) is 0 Å². The fourth-order valence-corrected chi connectivity index (χ4v) is 3.20. The second-order valence-corrected chi connectivity index (χ2v) is 6.13. The average Bonchev–Trinajstić information content (AvgIpc) is 2.64. The maximum Gasteiger partial charge on any atom is 0.416 e. The van der Waals surface area contributed by atoms with Gasteiger partial charge in [-0.25, -0.2) is 15.8 Å². The van der Waals surface area contributed by atoms with Crippen molar-refractivity contribution in [1.29, 1.82) is 0 Å². The molecular formula is C19H18F4N2O3. The zero-order valence-electron chi connectivity index (χ0n) is 15.4. The highest BCUT2D eigenvalue weighted by atomic mass is 19.4. The molecule has 5 nitrogen and oxygen atoms in total. The minimum atomic E-state index is -4.87. The van der Waals surface area contributed by atoms with Crippen molar-refractivity contribution in [3.05, 3.63) is 57.8 Å². The lowest BCUT2D eigenvalue weighted by molar-refractivity contribution is -0.139. The molecule has 150 valence electrons. The number of esters is 1. The van der Waals surface area contributed by atoms with Crippen molar-refractivity contribution in [2.45, 2.75) is 31.5 Å². The number of ether oxygens (including phenoxy) is 2. The Kier molecular flexibility index (Phi) is 6.56. The number of carbonyl (C=O) groups is 1. The van der Waals surface area contributed by atoms with E-state index in [2.05, 4.69) is 9.84 Å². The van der Waals surface area contributed by atoms with E-state index >= 15 is 0 Å². The molecule has 1 heterocycles. The fraction of sp³-hybridized carbons (Fsp3) is 0.421. The van der Waals surface area contributed by atoms with Crippen LogP contribution in [-0.2, 0) is 20.4 Å². The number of methoxy groups -OCH3 is 2.